The first-order valence-electron chi connectivity index (χ1n) is 12.0. The van der Waals surface area contributed by atoms with Gasteiger partial charge < -0.3 is 19.9 Å². The molecule has 2 N–H and O–H groups in total. The second-order valence-corrected chi connectivity index (χ2v) is 8.98. The van der Waals surface area contributed by atoms with Crippen LogP contribution in [0.4, 0.5) is 5.69 Å². The second kappa shape index (κ2) is 8.91. The van der Waals surface area contributed by atoms with Gasteiger partial charge in [0, 0.05) is 65.9 Å². The lowest BCUT2D eigenvalue weighted by Gasteiger charge is -2.25. The van der Waals surface area contributed by atoms with E-state index in [0.717, 1.165) is 83.6 Å². The molecule has 0 aliphatic carbocycles. The molecule has 1 unspecified atom stereocenters. The maximum Gasteiger partial charge on any atom is 0.227 e. The maximum atomic E-state index is 12.1. The number of anilines is 1. The first-order valence-corrected chi connectivity index (χ1v) is 12.0. The van der Waals surface area contributed by atoms with Crippen molar-refractivity contribution in [3.8, 4) is 28.0 Å². The molecule has 3 aromatic heterocycles. The maximum absolute atomic E-state index is 12.1. The lowest BCUT2D eigenvalue weighted by Crippen LogP contribution is -2.37. The summed E-state index contributed by atoms with van der Waals surface area (Å²) in [6, 6.07) is 12.4. The molecule has 1 atom stereocenters. The lowest BCUT2D eigenvalue weighted by atomic mass is 9.99. The molecule has 2 aliphatic heterocycles. The van der Waals surface area contributed by atoms with Gasteiger partial charge in [0.1, 0.15) is 17.5 Å². The minimum Gasteiger partial charge on any atom is -0.487 e. The Morgan fingerprint density at radius 2 is 1.88 bits per heavy atom. The fourth-order valence-corrected chi connectivity index (χ4v) is 4.97. The SMILES string of the molecule is O=C1CCCN1c1ccc(-c2cncc(-c3c(OC4CCCNC4)cnc4[nH]ccc34)c2)cc1. The van der Waals surface area contributed by atoms with Crippen LogP contribution in [0.5, 0.6) is 5.75 Å². The number of amides is 1. The molecular formula is C27H27N5O2. The second-order valence-electron chi connectivity index (χ2n) is 8.98. The summed E-state index contributed by atoms with van der Waals surface area (Å²) in [6.45, 7) is 2.68. The molecule has 2 fully saturated rings. The molecule has 1 aromatic carbocycles. The average molecular weight is 454 g/mol. The number of carbonyl (C=O) groups is 1. The fraction of sp³-hybridized carbons (Fsp3) is 0.296. The van der Waals surface area contributed by atoms with Crippen molar-refractivity contribution in [2.75, 3.05) is 24.5 Å². The number of rotatable bonds is 5. The van der Waals surface area contributed by atoms with Crippen molar-refractivity contribution >= 4 is 22.6 Å². The number of piperidine rings is 1. The average Bonchev–Trinajstić information content (AvgIpc) is 3.54. The van der Waals surface area contributed by atoms with Gasteiger partial charge in [0.2, 0.25) is 5.91 Å². The van der Waals surface area contributed by atoms with Crippen molar-refractivity contribution in [1.82, 2.24) is 20.3 Å². The van der Waals surface area contributed by atoms with Gasteiger partial charge >= 0.3 is 0 Å². The molecule has 172 valence electrons. The van der Waals surface area contributed by atoms with Crippen molar-refractivity contribution in [2.24, 2.45) is 0 Å². The molecule has 0 spiro atoms. The molecule has 4 aromatic rings. The van der Waals surface area contributed by atoms with Crippen LogP contribution >= 0.6 is 0 Å². The normalized spacial score (nSPS) is 18.5. The van der Waals surface area contributed by atoms with Gasteiger partial charge in [-0.25, -0.2) is 4.98 Å². The number of nitrogens with one attached hydrogen (secondary N) is 2. The van der Waals surface area contributed by atoms with E-state index in [1.807, 2.05) is 47.9 Å². The number of carbonyl (C=O) groups excluding carboxylic acids is 1. The quantitative estimate of drug-likeness (QED) is 0.463. The molecule has 2 saturated heterocycles. The van der Waals surface area contributed by atoms with E-state index in [1.54, 1.807) is 0 Å². The number of ether oxygens (including phenoxy) is 1. The smallest absolute Gasteiger partial charge is 0.227 e. The number of H-pyrrole nitrogens is 1. The van der Waals surface area contributed by atoms with Crippen molar-refractivity contribution in [2.45, 2.75) is 31.8 Å². The van der Waals surface area contributed by atoms with Crippen LogP contribution in [0.25, 0.3) is 33.3 Å². The Labute approximate surface area is 198 Å². The molecular weight excluding hydrogens is 426 g/mol. The minimum absolute atomic E-state index is 0.127. The van der Waals surface area contributed by atoms with Crippen molar-refractivity contribution in [3.05, 3.63) is 61.2 Å². The molecule has 0 radical (unpaired) electrons. The number of fused-ring (bicyclic) bond motifs is 1. The predicted octanol–water partition coefficient (Wildman–Crippen LogP) is 4.55. The number of benzene rings is 1. The van der Waals surface area contributed by atoms with Gasteiger partial charge in [-0.2, -0.15) is 0 Å². The Balaban J connectivity index is 1.36. The molecule has 0 saturated carbocycles. The van der Waals surface area contributed by atoms with Crippen LogP contribution in [0.3, 0.4) is 0 Å². The van der Waals surface area contributed by atoms with E-state index in [9.17, 15) is 4.79 Å². The van der Waals surface area contributed by atoms with Gasteiger partial charge in [-0.1, -0.05) is 12.1 Å². The molecule has 1 amide bonds. The summed E-state index contributed by atoms with van der Waals surface area (Å²) >= 11 is 0. The Morgan fingerprint density at radius 3 is 2.68 bits per heavy atom. The summed E-state index contributed by atoms with van der Waals surface area (Å²) in [7, 11) is 0. The van der Waals surface area contributed by atoms with Gasteiger partial charge in [0.25, 0.3) is 0 Å². The lowest BCUT2D eigenvalue weighted by molar-refractivity contribution is -0.117. The van der Waals surface area contributed by atoms with Gasteiger partial charge in [-0.3, -0.25) is 9.78 Å². The number of hydrogen-bond acceptors (Lipinski definition) is 5. The zero-order valence-electron chi connectivity index (χ0n) is 19.0. The first-order chi connectivity index (χ1) is 16.8. The molecule has 7 nitrogen and oxygen atoms in total. The highest BCUT2D eigenvalue weighted by atomic mass is 16.5. The fourth-order valence-electron chi connectivity index (χ4n) is 4.97. The van der Waals surface area contributed by atoms with Crippen LogP contribution in [0.15, 0.2) is 61.2 Å². The summed E-state index contributed by atoms with van der Waals surface area (Å²) in [5, 5.41) is 4.43. The summed E-state index contributed by atoms with van der Waals surface area (Å²) < 4.78 is 6.44. The highest BCUT2D eigenvalue weighted by Gasteiger charge is 2.22. The van der Waals surface area contributed by atoms with Crippen molar-refractivity contribution < 1.29 is 9.53 Å². The number of aromatic amines is 1. The third-order valence-corrected chi connectivity index (χ3v) is 6.71. The largest absolute Gasteiger partial charge is 0.487 e. The molecule has 5 heterocycles. The monoisotopic (exact) mass is 453 g/mol. The van der Waals surface area contributed by atoms with Crippen molar-refractivity contribution in [1.29, 1.82) is 0 Å². The molecule has 0 bridgehead atoms. The van der Waals surface area contributed by atoms with Crippen LogP contribution in [-0.2, 0) is 4.79 Å². The molecule has 34 heavy (non-hydrogen) atoms. The van der Waals surface area contributed by atoms with Crippen molar-refractivity contribution in [3.63, 3.8) is 0 Å². The number of hydrogen-bond donors (Lipinski definition) is 2. The van der Waals surface area contributed by atoms with Gasteiger partial charge in [0.05, 0.1) is 6.20 Å². The van der Waals surface area contributed by atoms with Crippen LogP contribution in [-0.4, -0.2) is 46.6 Å². The summed E-state index contributed by atoms with van der Waals surface area (Å²) in [6.07, 6.45) is 11.3. The third-order valence-electron chi connectivity index (χ3n) is 6.71. The van der Waals surface area contributed by atoms with Gasteiger partial charge in [-0.05, 0) is 55.6 Å². The van der Waals surface area contributed by atoms with Crippen LogP contribution in [0.1, 0.15) is 25.7 Å². The van der Waals surface area contributed by atoms with E-state index >= 15 is 0 Å². The summed E-state index contributed by atoms with van der Waals surface area (Å²) in [5.74, 6) is 0.980. The zero-order valence-corrected chi connectivity index (χ0v) is 19.0. The predicted molar refractivity (Wildman–Crippen MR) is 133 cm³/mol. The Kier molecular flexibility index (Phi) is 5.47. The molecule has 2 aliphatic rings. The van der Waals surface area contributed by atoms with E-state index in [0.29, 0.717) is 6.42 Å². The Hall–Kier alpha value is -3.71. The van der Waals surface area contributed by atoms with E-state index in [1.165, 1.54) is 0 Å². The standard InChI is InChI=1S/C27H27N5O2/c33-25-4-2-12-32(25)21-7-5-18(6-8-21)19-13-20(15-29-14-19)26-23-9-11-30-27(23)31-17-24(26)34-22-3-1-10-28-16-22/h5-9,11,13-15,17,22,28H,1-4,10,12,16H2,(H,30,31). The highest BCUT2D eigenvalue weighted by Crippen LogP contribution is 2.38. The Bertz CT molecular complexity index is 1320. The van der Waals surface area contributed by atoms with E-state index in [2.05, 4.69) is 38.5 Å². The van der Waals surface area contributed by atoms with Crippen LogP contribution in [0.2, 0.25) is 0 Å². The van der Waals surface area contributed by atoms with Crippen LogP contribution in [0, 0.1) is 0 Å². The topological polar surface area (TPSA) is 83.1 Å². The zero-order chi connectivity index (χ0) is 22.9. The summed E-state index contributed by atoms with van der Waals surface area (Å²) in [4.78, 5) is 26.3. The Morgan fingerprint density at radius 1 is 1.00 bits per heavy atom. The highest BCUT2D eigenvalue weighted by molar-refractivity contribution is 5.97. The number of aromatic nitrogens is 3. The number of nitrogens with zero attached hydrogens (tertiary/aromatic N) is 3. The number of pyridine rings is 2. The van der Waals surface area contributed by atoms with E-state index in [-0.39, 0.29) is 12.0 Å². The van der Waals surface area contributed by atoms with Gasteiger partial charge in [0.15, 0.2) is 0 Å². The third kappa shape index (κ3) is 3.92. The van der Waals surface area contributed by atoms with Gasteiger partial charge in [-0.15, -0.1) is 0 Å². The van der Waals surface area contributed by atoms with E-state index in [4.69, 9.17) is 4.74 Å². The first kappa shape index (κ1) is 20.9. The van der Waals surface area contributed by atoms with E-state index < -0.39 is 0 Å². The molecule has 7 heteroatoms. The minimum atomic E-state index is 0.127. The van der Waals surface area contributed by atoms with Crippen LogP contribution < -0.4 is 15.0 Å². The summed E-state index contributed by atoms with van der Waals surface area (Å²) in [5.41, 5.74) is 5.85. The molecule has 6 rings (SSSR count).